The molecule has 1 aromatic rings. The van der Waals surface area contributed by atoms with Gasteiger partial charge in [0.25, 0.3) is 0 Å². The van der Waals surface area contributed by atoms with Gasteiger partial charge in [0.05, 0.1) is 5.92 Å². The maximum Gasteiger partial charge on any atom is 0.306 e. The van der Waals surface area contributed by atoms with Crippen molar-refractivity contribution in [3.63, 3.8) is 0 Å². The van der Waals surface area contributed by atoms with Crippen molar-refractivity contribution < 1.29 is 20.1 Å². The van der Waals surface area contributed by atoms with Gasteiger partial charge in [0.2, 0.25) is 0 Å². The maximum absolute atomic E-state index is 10.8. The van der Waals surface area contributed by atoms with E-state index in [1.54, 1.807) is 13.0 Å². The van der Waals surface area contributed by atoms with Gasteiger partial charge in [0, 0.05) is 0 Å². The van der Waals surface area contributed by atoms with E-state index in [0.29, 0.717) is 18.4 Å². The van der Waals surface area contributed by atoms with Crippen molar-refractivity contribution in [3.8, 4) is 11.5 Å². The van der Waals surface area contributed by atoms with Crippen molar-refractivity contribution in [2.75, 3.05) is 0 Å². The van der Waals surface area contributed by atoms with E-state index in [1.165, 1.54) is 12.1 Å². The molecule has 0 bridgehead atoms. The molecule has 1 aromatic carbocycles. The van der Waals surface area contributed by atoms with Crippen LogP contribution in [0.4, 0.5) is 0 Å². The predicted octanol–water partition coefficient (Wildman–Crippen LogP) is 1.75. The summed E-state index contributed by atoms with van der Waals surface area (Å²) >= 11 is 0. The molecule has 82 valence electrons. The van der Waals surface area contributed by atoms with Gasteiger partial charge in [-0.05, 0) is 30.5 Å². The number of hydrogen-bond acceptors (Lipinski definition) is 3. The Balaban J connectivity index is 2.80. The molecule has 1 rings (SSSR count). The van der Waals surface area contributed by atoms with Crippen LogP contribution in [-0.2, 0) is 11.2 Å². The molecule has 0 fully saturated rings. The number of aliphatic carboxylic acids is 1. The minimum absolute atomic E-state index is 0.192. The molecule has 0 aliphatic rings. The number of phenolic OH excluding ortho intramolecular Hbond substituents is 2. The van der Waals surface area contributed by atoms with E-state index in [4.69, 9.17) is 10.2 Å². The van der Waals surface area contributed by atoms with E-state index in [0.717, 1.165) is 0 Å². The van der Waals surface area contributed by atoms with Crippen molar-refractivity contribution in [3.05, 3.63) is 23.8 Å². The van der Waals surface area contributed by atoms with Gasteiger partial charge in [-0.25, -0.2) is 0 Å². The van der Waals surface area contributed by atoms with Crippen LogP contribution in [0.2, 0.25) is 0 Å². The fourth-order valence-electron chi connectivity index (χ4n) is 1.39. The van der Waals surface area contributed by atoms with Crippen LogP contribution < -0.4 is 0 Å². The van der Waals surface area contributed by atoms with E-state index in [1.807, 2.05) is 0 Å². The van der Waals surface area contributed by atoms with E-state index in [-0.39, 0.29) is 11.5 Å². The largest absolute Gasteiger partial charge is 0.504 e. The number of aromatic hydroxyl groups is 2. The third-order valence-electron chi connectivity index (χ3n) is 2.36. The van der Waals surface area contributed by atoms with E-state index < -0.39 is 11.9 Å². The van der Waals surface area contributed by atoms with Gasteiger partial charge in [0.15, 0.2) is 11.5 Å². The summed E-state index contributed by atoms with van der Waals surface area (Å²) in [5, 5.41) is 27.2. The molecule has 0 saturated heterocycles. The minimum Gasteiger partial charge on any atom is -0.504 e. The second-order valence-corrected chi connectivity index (χ2v) is 3.47. The lowest BCUT2D eigenvalue weighted by molar-refractivity contribution is -0.141. The molecule has 15 heavy (non-hydrogen) atoms. The third kappa shape index (κ3) is 2.87. The summed E-state index contributed by atoms with van der Waals surface area (Å²) in [6, 6.07) is 4.36. The second-order valence-electron chi connectivity index (χ2n) is 3.47. The zero-order valence-electron chi connectivity index (χ0n) is 8.47. The fourth-order valence-corrected chi connectivity index (χ4v) is 1.39. The first-order chi connectivity index (χ1) is 7.04. The summed E-state index contributed by atoms with van der Waals surface area (Å²) in [6.07, 6.45) is 0.899. The molecule has 0 aliphatic carbocycles. The van der Waals surface area contributed by atoms with Crippen LogP contribution in [0.15, 0.2) is 18.2 Å². The Morgan fingerprint density at radius 2 is 2.00 bits per heavy atom. The Hall–Kier alpha value is -1.71. The summed E-state index contributed by atoms with van der Waals surface area (Å²) in [7, 11) is 0. The van der Waals surface area contributed by atoms with Crippen LogP contribution >= 0.6 is 0 Å². The zero-order chi connectivity index (χ0) is 11.4. The van der Waals surface area contributed by atoms with Gasteiger partial charge in [-0.1, -0.05) is 13.0 Å². The molecule has 4 heteroatoms. The lowest BCUT2D eigenvalue weighted by Crippen LogP contribution is -2.15. The topological polar surface area (TPSA) is 77.8 Å². The number of carboxylic acids is 1. The third-order valence-corrected chi connectivity index (χ3v) is 2.36. The molecule has 0 aromatic heterocycles. The van der Waals surface area contributed by atoms with Crippen molar-refractivity contribution in [2.45, 2.75) is 19.8 Å². The van der Waals surface area contributed by atoms with Gasteiger partial charge in [-0.2, -0.15) is 0 Å². The SMILES string of the molecule is CCC(Cc1ccc(O)c(O)c1)C(=O)O. The first kappa shape index (κ1) is 11.4. The molecule has 0 aliphatic heterocycles. The summed E-state index contributed by atoms with van der Waals surface area (Å²) in [4.78, 5) is 10.8. The van der Waals surface area contributed by atoms with Gasteiger partial charge >= 0.3 is 5.97 Å². The van der Waals surface area contributed by atoms with Gasteiger partial charge < -0.3 is 15.3 Å². The first-order valence-electron chi connectivity index (χ1n) is 4.78. The van der Waals surface area contributed by atoms with Gasteiger partial charge in [-0.15, -0.1) is 0 Å². The Kier molecular flexibility index (Phi) is 3.55. The van der Waals surface area contributed by atoms with Gasteiger partial charge in [0.1, 0.15) is 0 Å². The molecule has 0 saturated carbocycles. The van der Waals surface area contributed by atoms with Crippen LogP contribution in [0.3, 0.4) is 0 Å². The number of carboxylic acid groups (broad SMARTS) is 1. The van der Waals surface area contributed by atoms with Gasteiger partial charge in [-0.3, -0.25) is 4.79 Å². The monoisotopic (exact) mass is 210 g/mol. The Morgan fingerprint density at radius 3 is 2.47 bits per heavy atom. The minimum atomic E-state index is -0.843. The molecule has 0 radical (unpaired) electrons. The van der Waals surface area contributed by atoms with E-state index in [2.05, 4.69) is 0 Å². The highest BCUT2D eigenvalue weighted by Gasteiger charge is 2.16. The molecule has 1 atom stereocenters. The molecule has 0 amide bonds. The first-order valence-corrected chi connectivity index (χ1v) is 4.78. The number of rotatable bonds is 4. The van der Waals surface area contributed by atoms with Crippen LogP contribution in [0.1, 0.15) is 18.9 Å². The Morgan fingerprint density at radius 1 is 1.33 bits per heavy atom. The summed E-state index contributed by atoms with van der Waals surface area (Å²) in [5.41, 5.74) is 0.708. The molecule has 4 nitrogen and oxygen atoms in total. The maximum atomic E-state index is 10.8. The lowest BCUT2D eigenvalue weighted by atomic mass is 9.97. The van der Waals surface area contributed by atoms with Crippen LogP contribution in [0, 0.1) is 5.92 Å². The van der Waals surface area contributed by atoms with Crippen LogP contribution in [0.5, 0.6) is 11.5 Å². The Bertz CT molecular complexity index is 360. The molecule has 1 unspecified atom stereocenters. The molecule has 3 N–H and O–H groups in total. The van der Waals surface area contributed by atoms with Crippen LogP contribution in [-0.4, -0.2) is 21.3 Å². The normalized spacial score (nSPS) is 12.3. The van der Waals surface area contributed by atoms with Crippen LogP contribution in [0.25, 0.3) is 0 Å². The van der Waals surface area contributed by atoms with Crippen molar-refractivity contribution >= 4 is 5.97 Å². The molecular weight excluding hydrogens is 196 g/mol. The summed E-state index contributed by atoms with van der Waals surface area (Å²) in [5.74, 6) is -1.70. The highest BCUT2D eigenvalue weighted by Crippen LogP contribution is 2.26. The van der Waals surface area contributed by atoms with E-state index in [9.17, 15) is 9.90 Å². The predicted molar refractivity (Wildman–Crippen MR) is 54.9 cm³/mol. The van der Waals surface area contributed by atoms with Crippen molar-refractivity contribution in [2.24, 2.45) is 5.92 Å². The molecule has 0 spiro atoms. The zero-order valence-corrected chi connectivity index (χ0v) is 8.47. The highest BCUT2D eigenvalue weighted by molar-refractivity contribution is 5.70. The Labute approximate surface area is 87.8 Å². The number of benzene rings is 1. The van der Waals surface area contributed by atoms with Crippen molar-refractivity contribution in [1.82, 2.24) is 0 Å². The standard InChI is InChI=1S/C11H14O4/c1-2-8(11(14)15)5-7-3-4-9(12)10(13)6-7/h3-4,6,8,12-13H,2,5H2,1H3,(H,14,15). The molecule has 0 heterocycles. The van der Waals surface area contributed by atoms with Crippen molar-refractivity contribution in [1.29, 1.82) is 0 Å². The number of hydrogen-bond donors (Lipinski definition) is 3. The second kappa shape index (κ2) is 4.68. The number of carbonyl (C=O) groups is 1. The number of phenols is 2. The average molecular weight is 210 g/mol. The fraction of sp³-hybridized carbons (Fsp3) is 0.364. The quantitative estimate of drug-likeness (QED) is 0.661. The summed E-state index contributed by atoms with van der Waals surface area (Å²) < 4.78 is 0. The lowest BCUT2D eigenvalue weighted by Gasteiger charge is -2.09. The summed E-state index contributed by atoms with van der Waals surface area (Å²) in [6.45, 7) is 1.80. The molecular formula is C11H14O4. The highest BCUT2D eigenvalue weighted by atomic mass is 16.4. The average Bonchev–Trinajstić information content (AvgIpc) is 2.19. The van der Waals surface area contributed by atoms with E-state index >= 15 is 0 Å². The smallest absolute Gasteiger partial charge is 0.306 e.